The monoisotopic (exact) mass is 374 g/mol. The van der Waals surface area contributed by atoms with Gasteiger partial charge in [-0.1, -0.05) is 0 Å². The Morgan fingerprint density at radius 1 is 1.07 bits per heavy atom. The second kappa shape index (κ2) is 6.62. The van der Waals surface area contributed by atoms with Crippen LogP contribution in [0.5, 0.6) is 0 Å². The van der Waals surface area contributed by atoms with Gasteiger partial charge < -0.3 is 0 Å². The van der Waals surface area contributed by atoms with E-state index in [0.29, 0.717) is 0 Å². The Morgan fingerprint density at radius 3 is 2.21 bits per heavy atom. The van der Waals surface area contributed by atoms with Crippen molar-refractivity contribution < 1.29 is 17.3 Å². The second-order valence-corrected chi connectivity index (χ2v) is 10.9. The maximum absolute atomic E-state index is 2.39. The molecule has 0 fully saturated rings. The Bertz CT molecular complexity index is 221. The topological polar surface area (TPSA) is 0 Å². The summed E-state index contributed by atoms with van der Waals surface area (Å²) in [5.74, 6) is 0. The van der Waals surface area contributed by atoms with Crippen LogP contribution in [0.3, 0.4) is 0 Å². The van der Waals surface area contributed by atoms with Crippen molar-refractivity contribution in [3.63, 3.8) is 0 Å². The summed E-state index contributed by atoms with van der Waals surface area (Å²) in [6, 6.07) is 0. The third-order valence-electron chi connectivity index (χ3n) is 2.61. The molecule has 0 atom stereocenters. The molecule has 0 saturated heterocycles. The number of allylic oxidation sites excluding steroid dienone is 4. The molecule has 0 heterocycles. The molecule has 0 bridgehead atoms. The van der Waals surface area contributed by atoms with Gasteiger partial charge in [-0.2, -0.15) is 0 Å². The fraction of sp³-hybridized carbons (Fsp3) is 0.692. The zero-order valence-electron chi connectivity index (χ0n) is 9.71. The summed E-state index contributed by atoms with van der Waals surface area (Å²) in [6.07, 6.45) is 9.99. The van der Waals surface area contributed by atoms with E-state index in [9.17, 15) is 0 Å². The minimum atomic E-state index is -0.719. The first-order valence-corrected chi connectivity index (χ1v) is 9.98. The molecule has 85 valence electrons. The number of hydrogen-bond acceptors (Lipinski definition) is 0. The van der Waals surface area contributed by atoms with Crippen LogP contribution in [0.15, 0.2) is 21.7 Å². The molecular weight excluding hydrogens is 351 g/mol. The quantitative estimate of drug-likeness (QED) is 0.618. The standard InChI is InChI=1S/C9H13.2C2H5.Pt/c1-9-7-5-3-2-4-6-8-9;2*1-2;/h2-3H,4-7H2,1H3;2*1H2,2H3;. The fourth-order valence-corrected chi connectivity index (χ4v) is 7.67. The van der Waals surface area contributed by atoms with Crippen LogP contribution in [0.25, 0.3) is 0 Å². The van der Waals surface area contributed by atoms with Crippen LogP contribution in [-0.4, -0.2) is 0 Å². The SMILES string of the molecule is C[CH2][Pt]([CH2]C)[C]1=C(C)CCC=CCC1. The molecule has 0 unspecified atom stereocenters. The van der Waals surface area contributed by atoms with Crippen molar-refractivity contribution in [2.24, 2.45) is 0 Å². The van der Waals surface area contributed by atoms with Crippen LogP contribution >= 0.6 is 0 Å². The average molecular weight is 374 g/mol. The van der Waals surface area contributed by atoms with E-state index in [0.717, 1.165) is 0 Å². The molecule has 14 heavy (non-hydrogen) atoms. The molecule has 0 radical (unpaired) electrons. The van der Waals surface area contributed by atoms with E-state index in [1.807, 2.05) is 3.96 Å². The van der Waals surface area contributed by atoms with Gasteiger partial charge in [0, 0.05) is 0 Å². The van der Waals surface area contributed by atoms with Crippen molar-refractivity contribution >= 4 is 0 Å². The van der Waals surface area contributed by atoms with Crippen molar-refractivity contribution in [2.75, 3.05) is 0 Å². The maximum atomic E-state index is 2.39. The van der Waals surface area contributed by atoms with Crippen molar-refractivity contribution in [3.05, 3.63) is 21.7 Å². The van der Waals surface area contributed by atoms with Gasteiger partial charge in [0.2, 0.25) is 0 Å². The second-order valence-electron chi connectivity index (χ2n) is 3.53. The van der Waals surface area contributed by atoms with Crippen LogP contribution in [0.4, 0.5) is 0 Å². The van der Waals surface area contributed by atoms with Gasteiger partial charge in [-0.25, -0.2) is 0 Å². The van der Waals surface area contributed by atoms with Crippen LogP contribution < -0.4 is 0 Å². The molecule has 0 aromatic carbocycles. The van der Waals surface area contributed by atoms with E-state index in [1.54, 1.807) is 5.57 Å². The Labute approximate surface area is 95.0 Å². The summed E-state index contributed by atoms with van der Waals surface area (Å²) in [6.45, 7) is 7.16. The van der Waals surface area contributed by atoms with E-state index < -0.39 is 17.3 Å². The predicted octanol–water partition coefficient (Wildman–Crippen LogP) is 4.89. The Balaban J connectivity index is 2.74. The Hall–Kier alpha value is 0.168. The average Bonchev–Trinajstić information content (AvgIpc) is 2.18. The van der Waals surface area contributed by atoms with Crippen molar-refractivity contribution in [1.82, 2.24) is 0 Å². The molecule has 0 amide bonds. The fourth-order valence-electron chi connectivity index (χ4n) is 1.81. The van der Waals surface area contributed by atoms with Gasteiger partial charge in [0.1, 0.15) is 0 Å². The first-order valence-electron chi connectivity index (χ1n) is 5.63. The van der Waals surface area contributed by atoms with E-state index in [-0.39, 0.29) is 0 Å². The van der Waals surface area contributed by atoms with Gasteiger partial charge >= 0.3 is 95.1 Å². The molecule has 1 heteroatoms. The summed E-state index contributed by atoms with van der Waals surface area (Å²) in [4.78, 5) is 2.94. The van der Waals surface area contributed by atoms with E-state index >= 15 is 0 Å². The Kier molecular flexibility index (Phi) is 5.78. The first kappa shape index (κ1) is 12.2. The van der Waals surface area contributed by atoms with Gasteiger partial charge in [0.25, 0.3) is 0 Å². The molecule has 1 rings (SSSR count). The zero-order chi connectivity index (χ0) is 10.4. The molecule has 1 aliphatic carbocycles. The van der Waals surface area contributed by atoms with Crippen LogP contribution in [0.2, 0.25) is 9.62 Å². The van der Waals surface area contributed by atoms with Crippen LogP contribution in [0.1, 0.15) is 46.5 Å². The number of rotatable bonds is 3. The van der Waals surface area contributed by atoms with Gasteiger partial charge in [-0.05, 0) is 0 Å². The molecule has 0 N–H and O–H groups in total. The van der Waals surface area contributed by atoms with Crippen molar-refractivity contribution in [2.45, 2.75) is 56.1 Å². The van der Waals surface area contributed by atoms with Gasteiger partial charge in [0.05, 0.1) is 0 Å². The van der Waals surface area contributed by atoms with Crippen LogP contribution in [0, 0.1) is 0 Å². The summed E-state index contributed by atoms with van der Waals surface area (Å²) in [5.41, 5.74) is 1.74. The van der Waals surface area contributed by atoms with Gasteiger partial charge in [-0.15, -0.1) is 0 Å². The third-order valence-corrected chi connectivity index (χ3v) is 9.97. The van der Waals surface area contributed by atoms with Crippen molar-refractivity contribution in [3.8, 4) is 0 Å². The predicted molar refractivity (Wildman–Crippen MR) is 61.3 cm³/mol. The molecule has 0 aromatic rings. The third kappa shape index (κ3) is 3.39. The summed E-state index contributed by atoms with van der Waals surface area (Å²) in [7, 11) is 0. The van der Waals surface area contributed by atoms with Crippen molar-refractivity contribution in [1.29, 1.82) is 0 Å². The molecular formula is C13H23Pt. The summed E-state index contributed by atoms with van der Waals surface area (Å²) < 4.78 is 1.92. The zero-order valence-corrected chi connectivity index (χ0v) is 12.0. The molecule has 0 aromatic heterocycles. The first-order chi connectivity index (χ1) is 6.79. The molecule has 0 aliphatic heterocycles. The summed E-state index contributed by atoms with van der Waals surface area (Å²) >= 11 is -0.719. The molecule has 0 spiro atoms. The molecule has 0 saturated carbocycles. The van der Waals surface area contributed by atoms with Crippen LogP contribution in [-0.2, 0) is 17.3 Å². The van der Waals surface area contributed by atoms with Gasteiger partial charge in [-0.3, -0.25) is 0 Å². The Morgan fingerprint density at radius 2 is 1.64 bits per heavy atom. The normalized spacial score (nSPS) is 19.2. The summed E-state index contributed by atoms with van der Waals surface area (Å²) in [5, 5.41) is 0. The van der Waals surface area contributed by atoms with E-state index in [2.05, 4.69) is 32.9 Å². The van der Waals surface area contributed by atoms with E-state index in [4.69, 9.17) is 0 Å². The van der Waals surface area contributed by atoms with Gasteiger partial charge in [0.15, 0.2) is 0 Å². The van der Waals surface area contributed by atoms with E-state index in [1.165, 1.54) is 35.3 Å². The minimum absolute atomic E-state index is 0.719. The number of hydrogen-bond donors (Lipinski definition) is 0. The molecule has 0 nitrogen and oxygen atoms in total. The molecule has 1 aliphatic rings.